The number of fused-ring (bicyclic) bond motifs is 3. The number of carbonyl (C=O) groups is 2. The first kappa shape index (κ1) is 19.3. The van der Waals surface area contributed by atoms with Gasteiger partial charge in [-0.05, 0) is 31.0 Å². The summed E-state index contributed by atoms with van der Waals surface area (Å²) in [4.78, 5) is 37.3. The maximum atomic E-state index is 13.2. The van der Waals surface area contributed by atoms with Gasteiger partial charge in [0, 0.05) is 53.8 Å². The van der Waals surface area contributed by atoms with Gasteiger partial charge in [0.05, 0.1) is 11.4 Å². The monoisotopic (exact) mass is 417 g/mol. The number of imidazole rings is 1. The Morgan fingerprint density at radius 3 is 2.68 bits per heavy atom. The molecule has 1 saturated carbocycles. The van der Waals surface area contributed by atoms with Gasteiger partial charge >= 0.3 is 0 Å². The van der Waals surface area contributed by atoms with Gasteiger partial charge in [0.2, 0.25) is 5.91 Å². The second-order valence-electron chi connectivity index (χ2n) is 7.82. The molecular weight excluding hydrogens is 397 g/mol. The van der Waals surface area contributed by atoms with Crippen molar-refractivity contribution in [3.05, 3.63) is 54.2 Å². The van der Waals surface area contributed by atoms with Crippen molar-refractivity contribution >= 4 is 34.1 Å². The highest BCUT2D eigenvalue weighted by molar-refractivity contribution is 5.98. The second-order valence-corrected chi connectivity index (χ2v) is 7.82. The number of anilines is 1. The summed E-state index contributed by atoms with van der Waals surface area (Å²) in [5, 5.41) is 3.54. The van der Waals surface area contributed by atoms with Crippen molar-refractivity contribution in [2.45, 2.75) is 32.9 Å². The fraction of sp³-hybridized carbons (Fsp3) is 0.261. The van der Waals surface area contributed by atoms with Gasteiger partial charge in [-0.25, -0.2) is 14.4 Å². The highest BCUT2D eigenvalue weighted by Crippen LogP contribution is 2.35. The van der Waals surface area contributed by atoms with Gasteiger partial charge in [-0.2, -0.15) is 0 Å². The number of hydrogen-bond acceptors (Lipinski definition) is 5. The largest absolute Gasteiger partial charge is 0.310 e. The number of nitrogens with zero attached hydrogens (tertiary/aromatic N) is 4. The molecule has 0 aromatic carbocycles. The first-order chi connectivity index (χ1) is 15.0. The van der Waals surface area contributed by atoms with E-state index in [1.807, 2.05) is 30.5 Å². The molecule has 8 heteroatoms. The zero-order valence-corrected chi connectivity index (χ0v) is 17.1. The standard InChI is InChI=1S/C23H20FN5O2/c1-3-20(30)18-6-12(2)16(11-26-18)14-7-13-10-27-21(28-23(31)15-8-17(15)24)9-19(13)29-5-4-25-22(14)29/h4-7,9-11,15,17H,3,8H2,1-2H3,(H,27,28,31)/t15-,17+/m0/s1. The van der Waals surface area contributed by atoms with Gasteiger partial charge in [-0.3, -0.25) is 19.0 Å². The van der Waals surface area contributed by atoms with Crippen molar-refractivity contribution in [2.24, 2.45) is 5.92 Å². The number of pyridine rings is 3. The summed E-state index contributed by atoms with van der Waals surface area (Å²) in [7, 11) is 0. The molecule has 5 rings (SSSR count). The van der Waals surface area contributed by atoms with Crippen LogP contribution >= 0.6 is 0 Å². The van der Waals surface area contributed by atoms with E-state index in [1.165, 1.54) is 0 Å². The van der Waals surface area contributed by atoms with Crippen molar-refractivity contribution in [1.29, 1.82) is 0 Å². The molecule has 0 saturated heterocycles. The van der Waals surface area contributed by atoms with Crippen LogP contribution in [0.3, 0.4) is 0 Å². The molecule has 0 aliphatic heterocycles. The Hall–Kier alpha value is -3.68. The predicted molar refractivity (Wildman–Crippen MR) is 115 cm³/mol. The smallest absolute Gasteiger partial charge is 0.231 e. The van der Waals surface area contributed by atoms with Crippen LogP contribution in [0.4, 0.5) is 10.2 Å². The Morgan fingerprint density at radius 1 is 1.16 bits per heavy atom. The van der Waals surface area contributed by atoms with E-state index in [1.54, 1.807) is 30.7 Å². The summed E-state index contributed by atoms with van der Waals surface area (Å²) in [6, 6.07) is 5.53. The molecule has 1 N–H and O–H groups in total. The SMILES string of the molecule is CCC(=O)c1cc(C)c(-c2cc3cnc(NC(=O)[C@H]4C[C@H]4F)cc3n3ccnc23)cn1. The van der Waals surface area contributed by atoms with Gasteiger partial charge in [0.25, 0.3) is 0 Å². The van der Waals surface area contributed by atoms with E-state index in [0.717, 1.165) is 33.2 Å². The van der Waals surface area contributed by atoms with Crippen molar-refractivity contribution in [3.63, 3.8) is 0 Å². The Morgan fingerprint density at radius 2 is 1.97 bits per heavy atom. The van der Waals surface area contributed by atoms with Gasteiger partial charge in [0.15, 0.2) is 5.78 Å². The quantitative estimate of drug-likeness (QED) is 0.493. The van der Waals surface area contributed by atoms with Crippen molar-refractivity contribution < 1.29 is 14.0 Å². The van der Waals surface area contributed by atoms with Crippen LogP contribution in [0.5, 0.6) is 0 Å². The fourth-order valence-electron chi connectivity index (χ4n) is 3.78. The molecular formula is C23H20FN5O2. The lowest BCUT2D eigenvalue weighted by Gasteiger charge is -2.12. The zero-order valence-electron chi connectivity index (χ0n) is 17.1. The molecule has 156 valence electrons. The number of nitrogens with one attached hydrogen (secondary N) is 1. The molecule has 4 aromatic rings. The van der Waals surface area contributed by atoms with Crippen LogP contribution in [0, 0.1) is 12.8 Å². The minimum atomic E-state index is -1.06. The Labute approximate surface area is 177 Å². The van der Waals surface area contributed by atoms with E-state index in [0.29, 0.717) is 17.9 Å². The molecule has 1 aliphatic carbocycles. The number of hydrogen-bond donors (Lipinski definition) is 1. The van der Waals surface area contributed by atoms with Gasteiger partial charge < -0.3 is 5.32 Å². The first-order valence-corrected chi connectivity index (χ1v) is 10.2. The Kier molecular flexibility index (Phi) is 4.50. The second kappa shape index (κ2) is 7.23. The molecule has 4 aromatic heterocycles. The molecule has 2 atom stereocenters. The van der Waals surface area contributed by atoms with Crippen LogP contribution in [0.15, 0.2) is 43.0 Å². The van der Waals surface area contributed by atoms with Crippen LogP contribution < -0.4 is 5.32 Å². The number of Topliss-reactive ketones (excluding diaryl/α,β-unsaturated/α-hetero) is 1. The van der Waals surface area contributed by atoms with Crippen molar-refractivity contribution in [3.8, 4) is 11.1 Å². The highest BCUT2D eigenvalue weighted by atomic mass is 19.1. The lowest BCUT2D eigenvalue weighted by Crippen LogP contribution is -2.16. The van der Waals surface area contributed by atoms with Crippen molar-refractivity contribution in [1.82, 2.24) is 19.4 Å². The first-order valence-electron chi connectivity index (χ1n) is 10.2. The summed E-state index contributed by atoms with van der Waals surface area (Å²) in [5.74, 6) is -0.546. The zero-order chi connectivity index (χ0) is 21.7. The molecule has 1 amide bonds. The van der Waals surface area contributed by atoms with E-state index in [4.69, 9.17) is 0 Å². The van der Waals surface area contributed by atoms with E-state index < -0.39 is 12.1 Å². The Balaban J connectivity index is 1.59. The third-order valence-corrected chi connectivity index (χ3v) is 5.66. The average Bonchev–Trinajstić information content (AvgIpc) is 3.30. The van der Waals surface area contributed by atoms with Crippen LogP contribution in [-0.2, 0) is 4.79 Å². The van der Waals surface area contributed by atoms with Crippen LogP contribution in [0.1, 0.15) is 35.8 Å². The van der Waals surface area contributed by atoms with E-state index >= 15 is 0 Å². The molecule has 4 heterocycles. The maximum Gasteiger partial charge on any atom is 0.231 e. The minimum absolute atomic E-state index is 0.00294. The third-order valence-electron chi connectivity index (χ3n) is 5.66. The summed E-state index contributed by atoms with van der Waals surface area (Å²) in [5.41, 5.74) is 4.68. The Bertz CT molecular complexity index is 1360. The van der Waals surface area contributed by atoms with Crippen LogP contribution in [0.25, 0.3) is 27.7 Å². The van der Waals surface area contributed by atoms with Gasteiger partial charge in [-0.15, -0.1) is 0 Å². The molecule has 0 unspecified atom stereocenters. The maximum absolute atomic E-state index is 13.2. The molecule has 0 bridgehead atoms. The van der Waals surface area contributed by atoms with E-state index in [9.17, 15) is 14.0 Å². The number of rotatable bonds is 5. The lowest BCUT2D eigenvalue weighted by atomic mass is 10.0. The molecule has 1 fully saturated rings. The summed E-state index contributed by atoms with van der Waals surface area (Å²) < 4.78 is 15.1. The number of aryl methyl sites for hydroxylation is 1. The topological polar surface area (TPSA) is 89.2 Å². The minimum Gasteiger partial charge on any atom is -0.310 e. The normalized spacial score (nSPS) is 17.8. The summed E-state index contributed by atoms with van der Waals surface area (Å²) in [6.45, 7) is 3.76. The van der Waals surface area contributed by atoms with Crippen LogP contribution in [-0.4, -0.2) is 37.2 Å². The van der Waals surface area contributed by atoms with Gasteiger partial charge in [-0.1, -0.05) is 6.92 Å². The predicted octanol–water partition coefficient (Wildman–Crippen LogP) is 4.14. The molecule has 0 radical (unpaired) electrons. The molecule has 1 aliphatic rings. The van der Waals surface area contributed by atoms with E-state index in [-0.39, 0.29) is 18.1 Å². The van der Waals surface area contributed by atoms with Crippen molar-refractivity contribution in [2.75, 3.05) is 5.32 Å². The number of halogens is 1. The number of ketones is 1. The lowest BCUT2D eigenvalue weighted by molar-refractivity contribution is -0.117. The average molecular weight is 417 g/mol. The van der Waals surface area contributed by atoms with E-state index in [2.05, 4.69) is 20.3 Å². The summed E-state index contributed by atoms with van der Waals surface area (Å²) >= 11 is 0. The molecule has 0 spiro atoms. The third kappa shape index (κ3) is 3.34. The number of aromatic nitrogens is 4. The highest BCUT2D eigenvalue weighted by Gasteiger charge is 2.43. The van der Waals surface area contributed by atoms with Gasteiger partial charge in [0.1, 0.15) is 23.3 Å². The fourth-order valence-corrected chi connectivity index (χ4v) is 3.78. The number of amides is 1. The summed E-state index contributed by atoms with van der Waals surface area (Å²) in [6.07, 6.45) is 6.54. The number of alkyl halides is 1. The number of carbonyl (C=O) groups excluding carboxylic acids is 2. The molecule has 31 heavy (non-hydrogen) atoms. The molecule has 7 nitrogen and oxygen atoms in total. The van der Waals surface area contributed by atoms with Crippen LogP contribution in [0.2, 0.25) is 0 Å².